The molecule has 28 heavy (non-hydrogen) atoms. The van der Waals surface area contributed by atoms with Gasteiger partial charge in [-0.2, -0.15) is 0 Å². The van der Waals surface area contributed by atoms with Crippen LogP contribution in [0.2, 0.25) is 5.02 Å². The van der Waals surface area contributed by atoms with Crippen LogP contribution < -0.4 is 5.32 Å². The molecule has 0 aromatic heterocycles. The molecule has 0 spiro atoms. The summed E-state index contributed by atoms with van der Waals surface area (Å²) in [4.78, 5) is 49.2. The quantitative estimate of drug-likeness (QED) is 0.460. The van der Waals surface area contributed by atoms with Gasteiger partial charge in [-0.3, -0.25) is 19.3 Å². The Morgan fingerprint density at radius 2 is 1.96 bits per heavy atom. The fourth-order valence-corrected chi connectivity index (χ4v) is 4.50. The first-order valence-electron chi connectivity index (χ1n) is 8.35. The van der Waals surface area contributed by atoms with Gasteiger partial charge in [-0.15, -0.1) is 11.8 Å². The minimum Gasteiger partial charge on any atom is -0.477 e. The normalized spacial score (nSPS) is 22.2. The van der Waals surface area contributed by atoms with E-state index >= 15 is 0 Å². The summed E-state index contributed by atoms with van der Waals surface area (Å²) in [5.74, 6) is -2.59. The van der Waals surface area contributed by atoms with E-state index in [4.69, 9.17) is 11.6 Å². The fourth-order valence-electron chi connectivity index (χ4n) is 3.08. The van der Waals surface area contributed by atoms with Crippen molar-refractivity contribution in [2.24, 2.45) is 0 Å². The van der Waals surface area contributed by atoms with E-state index in [1.54, 1.807) is 6.92 Å². The summed E-state index contributed by atoms with van der Waals surface area (Å²) in [5, 5.41) is 21.7. The highest BCUT2D eigenvalue weighted by Gasteiger charge is 2.53. The molecule has 2 heterocycles. The van der Waals surface area contributed by atoms with Crippen LogP contribution in [0, 0.1) is 0 Å². The number of rotatable bonds is 6. The minimum absolute atomic E-state index is 0.0581. The molecule has 10 heteroatoms. The molecule has 1 aromatic rings. The van der Waals surface area contributed by atoms with Crippen molar-refractivity contribution in [1.29, 1.82) is 0 Å². The van der Waals surface area contributed by atoms with Gasteiger partial charge in [0.15, 0.2) is 5.78 Å². The molecular weight excluding hydrogens is 408 g/mol. The van der Waals surface area contributed by atoms with E-state index < -0.39 is 47.5 Å². The van der Waals surface area contributed by atoms with E-state index in [-0.39, 0.29) is 11.3 Å². The molecular formula is C18H17ClN2O6S. The number of hydrogen-bond acceptors (Lipinski definition) is 6. The Balaban J connectivity index is 1.60. The van der Waals surface area contributed by atoms with Gasteiger partial charge in [0.2, 0.25) is 5.91 Å². The number of carbonyl (C=O) groups is 4. The summed E-state index contributed by atoms with van der Waals surface area (Å²) in [6, 6.07) is 5.00. The first-order valence-corrected chi connectivity index (χ1v) is 9.78. The standard InChI is InChI=1S/C18H17ClN2O6S/c1-8-7-28-17-13(16(25)21(17)14(8)18(26)27)20-12(23)6-11(22)15(24)9-2-4-10(19)5-3-9/h2-5,11,13,17,22H,6-7H2,1H3,(H,20,23)(H,26,27). The number of hydrogen-bond donors (Lipinski definition) is 3. The molecule has 2 aliphatic rings. The minimum atomic E-state index is -1.57. The van der Waals surface area contributed by atoms with E-state index in [2.05, 4.69) is 5.32 Å². The first kappa shape index (κ1) is 20.4. The van der Waals surface area contributed by atoms with Crippen molar-refractivity contribution in [2.75, 3.05) is 5.75 Å². The summed E-state index contributed by atoms with van der Waals surface area (Å²) in [5.41, 5.74) is 0.734. The van der Waals surface area contributed by atoms with Crippen molar-refractivity contribution in [3.63, 3.8) is 0 Å². The molecule has 3 atom stereocenters. The number of ketones is 1. The van der Waals surface area contributed by atoms with Gasteiger partial charge in [0, 0.05) is 16.3 Å². The number of carbonyl (C=O) groups excluding carboxylic acids is 3. The number of halogens is 1. The van der Waals surface area contributed by atoms with Crippen LogP contribution in [0.3, 0.4) is 0 Å². The predicted octanol–water partition coefficient (Wildman–Crippen LogP) is 1.03. The summed E-state index contributed by atoms with van der Waals surface area (Å²) in [6.45, 7) is 1.64. The average Bonchev–Trinajstić information content (AvgIpc) is 2.65. The van der Waals surface area contributed by atoms with Crippen LogP contribution >= 0.6 is 23.4 Å². The Morgan fingerprint density at radius 1 is 1.32 bits per heavy atom. The van der Waals surface area contributed by atoms with Crippen molar-refractivity contribution < 1.29 is 29.4 Å². The van der Waals surface area contributed by atoms with Gasteiger partial charge in [-0.25, -0.2) is 4.79 Å². The molecule has 3 unspecified atom stereocenters. The molecule has 0 bridgehead atoms. The topological polar surface area (TPSA) is 124 Å². The number of thioether (sulfide) groups is 1. The molecule has 1 fully saturated rings. The second kappa shape index (κ2) is 7.94. The van der Waals surface area contributed by atoms with E-state index in [9.17, 15) is 29.4 Å². The number of β-lactam (4-membered cyclic amide) rings is 1. The van der Waals surface area contributed by atoms with Gasteiger partial charge in [-0.1, -0.05) is 11.6 Å². The van der Waals surface area contributed by atoms with Gasteiger partial charge < -0.3 is 15.5 Å². The summed E-state index contributed by atoms with van der Waals surface area (Å²) >= 11 is 7.10. The second-order valence-electron chi connectivity index (χ2n) is 6.48. The smallest absolute Gasteiger partial charge is 0.352 e. The van der Waals surface area contributed by atoms with Crippen LogP contribution in [0.4, 0.5) is 0 Å². The third-order valence-electron chi connectivity index (χ3n) is 4.49. The number of Topliss-reactive ketones (excluding diaryl/α,β-unsaturated/α-hetero) is 1. The fraction of sp³-hybridized carbons (Fsp3) is 0.333. The second-order valence-corrected chi connectivity index (χ2v) is 8.02. The summed E-state index contributed by atoms with van der Waals surface area (Å²) < 4.78 is 0. The van der Waals surface area contributed by atoms with Crippen LogP contribution in [0.1, 0.15) is 23.7 Å². The number of nitrogens with zero attached hydrogens (tertiary/aromatic N) is 1. The van der Waals surface area contributed by atoms with Crippen molar-refractivity contribution in [2.45, 2.75) is 30.9 Å². The number of amides is 2. The molecule has 1 aromatic carbocycles. The lowest BCUT2D eigenvalue weighted by Crippen LogP contribution is -2.70. The SMILES string of the molecule is CC1=C(C(=O)O)N2C(=O)C(NC(=O)CC(O)C(=O)c3ccc(Cl)cc3)C2SC1. The van der Waals surface area contributed by atoms with Gasteiger partial charge in [-0.05, 0) is 36.8 Å². The highest BCUT2D eigenvalue weighted by Crippen LogP contribution is 2.40. The Labute approximate surface area is 169 Å². The van der Waals surface area contributed by atoms with Crippen LogP contribution in [-0.4, -0.2) is 62.0 Å². The third kappa shape index (κ3) is 3.78. The number of carboxylic acid groups (broad SMARTS) is 1. The molecule has 8 nitrogen and oxygen atoms in total. The molecule has 0 radical (unpaired) electrons. The maximum Gasteiger partial charge on any atom is 0.352 e. The molecule has 1 saturated heterocycles. The zero-order valence-electron chi connectivity index (χ0n) is 14.7. The monoisotopic (exact) mass is 424 g/mol. The van der Waals surface area contributed by atoms with Crippen LogP contribution in [0.5, 0.6) is 0 Å². The number of fused-ring (bicyclic) bond motifs is 1. The Morgan fingerprint density at radius 3 is 2.57 bits per heavy atom. The number of aliphatic carboxylic acids is 1. The number of nitrogens with one attached hydrogen (secondary N) is 1. The zero-order valence-corrected chi connectivity index (χ0v) is 16.3. The average molecular weight is 425 g/mol. The molecule has 0 aliphatic carbocycles. The van der Waals surface area contributed by atoms with Gasteiger partial charge >= 0.3 is 5.97 Å². The van der Waals surface area contributed by atoms with Crippen LogP contribution in [-0.2, 0) is 14.4 Å². The Bertz CT molecular complexity index is 885. The lowest BCUT2D eigenvalue weighted by Gasteiger charge is -2.49. The van der Waals surface area contributed by atoms with Gasteiger partial charge in [0.1, 0.15) is 23.2 Å². The molecule has 0 saturated carbocycles. The summed E-state index contributed by atoms with van der Waals surface area (Å²) in [7, 11) is 0. The van der Waals surface area contributed by atoms with Crippen molar-refractivity contribution in [1.82, 2.24) is 10.2 Å². The molecule has 2 amide bonds. The highest BCUT2D eigenvalue weighted by molar-refractivity contribution is 8.00. The number of aliphatic hydroxyl groups excluding tert-OH is 1. The van der Waals surface area contributed by atoms with Gasteiger partial charge in [0.25, 0.3) is 5.91 Å². The number of carboxylic acids is 1. The van der Waals surface area contributed by atoms with E-state index in [1.807, 2.05) is 0 Å². The maximum atomic E-state index is 12.3. The maximum absolute atomic E-state index is 12.3. The van der Waals surface area contributed by atoms with E-state index in [0.717, 1.165) is 4.90 Å². The van der Waals surface area contributed by atoms with Crippen molar-refractivity contribution >= 4 is 46.9 Å². The zero-order chi connectivity index (χ0) is 20.6. The summed E-state index contributed by atoms with van der Waals surface area (Å²) in [6.07, 6.45) is -2.08. The highest BCUT2D eigenvalue weighted by atomic mass is 35.5. The van der Waals surface area contributed by atoms with Crippen LogP contribution in [0.25, 0.3) is 0 Å². The van der Waals surface area contributed by atoms with Gasteiger partial charge in [0.05, 0.1) is 6.42 Å². The lowest BCUT2D eigenvalue weighted by atomic mass is 10.0. The van der Waals surface area contributed by atoms with Crippen LogP contribution in [0.15, 0.2) is 35.5 Å². The predicted molar refractivity (Wildman–Crippen MR) is 102 cm³/mol. The van der Waals surface area contributed by atoms with Crippen molar-refractivity contribution in [3.8, 4) is 0 Å². The third-order valence-corrected chi connectivity index (χ3v) is 6.16. The molecule has 148 valence electrons. The lowest BCUT2D eigenvalue weighted by molar-refractivity contribution is -0.150. The molecule has 2 aliphatic heterocycles. The molecule has 3 N–H and O–H groups in total. The first-order chi connectivity index (χ1) is 13.2. The Kier molecular flexibility index (Phi) is 5.78. The van der Waals surface area contributed by atoms with Crippen molar-refractivity contribution in [3.05, 3.63) is 46.1 Å². The van der Waals surface area contributed by atoms with E-state index in [1.165, 1.54) is 36.0 Å². The van der Waals surface area contributed by atoms with E-state index in [0.29, 0.717) is 16.3 Å². The molecule has 3 rings (SSSR count). The largest absolute Gasteiger partial charge is 0.477 e. The number of benzene rings is 1. The Hall–Kier alpha value is -2.36. The number of aliphatic hydroxyl groups is 1.